The molecule has 1 amide bonds. The lowest BCUT2D eigenvalue weighted by Gasteiger charge is -2.24. The lowest BCUT2D eigenvalue weighted by atomic mass is 9.83. The van der Waals surface area contributed by atoms with Crippen molar-refractivity contribution in [1.82, 2.24) is 9.88 Å². The third-order valence-corrected chi connectivity index (χ3v) is 7.40. The van der Waals surface area contributed by atoms with Gasteiger partial charge in [-0.2, -0.15) is 0 Å². The number of hydrogen-bond acceptors (Lipinski definition) is 6. The fourth-order valence-electron chi connectivity index (χ4n) is 5.02. The first-order valence-electron chi connectivity index (χ1n) is 13.6. The maximum atomic E-state index is 13.2. The number of amides is 1. The molecule has 8 nitrogen and oxygen atoms in total. The van der Waals surface area contributed by atoms with Gasteiger partial charge in [0.05, 0.1) is 18.8 Å². The van der Waals surface area contributed by atoms with Crippen molar-refractivity contribution < 1.29 is 23.8 Å². The molecule has 1 aromatic heterocycles. The fraction of sp³-hybridized carbons (Fsp3) is 0.452. The van der Waals surface area contributed by atoms with Crippen molar-refractivity contribution in [1.29, 1.82) is 0 Å². The van der Waals surface area contributed by atoms with Crippen LogP contribution < -0.4 is 10.1 Å². The maximum Gasteiger partial charge on any atom is 0.347 e. The number of nitrogens with one attached hydrogen (secondary N) is 1. The third-order valence-electron chi connectivity index (χ3n) is 7.40. The second-order valence-corrected chi connectivity index (χ2v) is 11.0. The van der Waals surface area contributed by atoms with Gasteiger partial charge < -0.3 is 19.6 Å². The van der Waals surface area contributed by atoms with E-state index in [1.54, 1.807) is 12.1 Å². The molecule has 0 unspecified atom stereocenters. The van der Waals surface area contributed by atoms with Gasteiger partial charge in [-0.15, -0.1) is 0 Å². The summed E-state index contributed by atoms with van der Waals surface area (Å²) in [7, 11) is 0. The summed E-state index contributed by atoms with van der Waals surface area (Å²) < 4.78 is 11.2. The molecule has 1 heterocycles. The SMILES string of the molecule is Cc1cc(C2CCCCC2)ccc1NC(=O)CN(Cc1ccc(OC(C)(C)C(=O)O)cc1)Cc1ocnc1C. The van der Waals surface area contributed by atoms with E-state index in [1.165, 1.54) is 57.9 Å². The number of carbonyl (C=O) groups is 2. The molecule has 1 fully saturated rings. The van der Waals surface area contributed by atoms with E-state index >= 15 is 0 Å². The number of rotatable bonds is 11. The van der Waals surface area contributed by atoms with Crippen molar-refractivity contribution in [2.75, 3.05) is 11.9 Å². The van der Waals surface area contributed by atoms with Crippen molar-refractivity contribution in [2.24, 2.45) is 0 Å². The number of benzene rings is 2. The van der Waals surface area contributed by atoms with Crippen LogP contribution in [-0.4, -0.2) is 39.0 Å². The third kappa shape index (κ3) is 7.69. The van der Waals surface area contributed by atoms with Gasteiger partial charge in [-0.05, 0) is 81.3 Å². The largest absolute Gasteiger partial charge is 0.478 e. The second-order valence-electron chi connectivity index (χ2n) is 11.0. The summed E-state index contributed by atoms with van der Waals surface area (Å²) in [5.74, 6) is 0.649. The van der Waals surface area contributed by atoms with Crippen LogP contribution in [0.4, 0.5) is 5.69 Å². The predicted molar refractivity (Wildman–Crippen MR) is 150 cm³/mol. The molecule has 8 heteroatoms. The molecule has 0 bridgehead atoms. The molecule has 208 valence electrons. The van der Waals surface area contributed by atoms with Crippen LogP contribution in [0.5, 0.6) is 5.75 Å². The van der Waals surface area contributed by atoms with Crippen LogP contribution in [0.15, 0.2) is 53.3 Å². The van der Waals surface area contributed by atoms with Gasteiger partial charge in [-0.3, -0.25) is 9.69 Å². The number of hydrogen-bond donors (Lipinski definition) is 2. The van der Waals surface area contributed by atoms with E-state index in [4.69, 9.17) is 9.15 Å². The monoisotopic (exact) mass is 533 g/mol. The van der Waals surface area contributed by atoms with E-state index in [0.717, 1.165) is 22.5 Å². The first kappa shape index (κ1) is 28.4. The summed E-state index contributed by atoms with van der Waals surface area (Å²) in [6.07, 6.45) is 7.81. The number of aliphatic carboxylic acids is 1. The van der Waals surface area contributed by atoms with E-state index in [0.29, 0.717) is 30.5 Å². The summed E-state index contributed by atoms with van der Waals surface area (Å²) >= 11 is 0. The number of aryl methyl sites for hydroxylation is 2. The summed E-state index contributed by atoms with van der Waals surface area (Å²) in [6.45, 7) is 8.01. The van der Waals surface area contributed by atoms with Crippen LogP contribution in [0.1, 0.15) is 80.0 Å². The Kier molecular flexibility index (Phi) is 9.07. The Balaban J connectivity index is 1.43. The lowest BCUT2D eigenvalue weighted by Crippen LogP contribution is -2.37. The Morgan fingerprint density at radius 2 is 1.79 bits per heavy atom. The molecule has 1 aliphatic rings. The first-order valence-corrected chi connectivity index (χ1v) is 13.6. The molecule has 0 atom stereocenters. The van der Waals surface area contributed by atoms with Crippen molar-refractivity contribution >= 4 is 17.6 Å². The summed E-state index contributed by atoms with van der Waals surface area (Å²) in [5, 5.41) is 12.4. The highest BCUT2D eigenvalue weighted by molar-refractivity contribution is 5.93. The van der Waals surface area contributed by atoms with E-state index < -0.39 is 11.6 Å². The van der Waals surface area contributed by atoms with Crippen LogP contribution in [0.2, 0.25) is 0 Å². The highest BCUT2D eigenvalue weighted by Crippen LogP contribution is 2.34. The number of carbonyl (C=O) groups excluding carboxylic acids is 1. The van der Waals surface area contributed by atoms with Gasteiger partial charge in [0.2, 0.25) is 5.91 Å². The number of aromatic nitrogens is 1. The summed E-state index contributed by atoms with van der Waals surface area (Å²) in [4.78, 5) is 30.7. The standard InChI is InChI=1S/C31H39N3O5/c1-21-16-25(24-8-6-5-7-9-24)12-15-27(21)33-29(35)19-34(18-28-22(2)32-20-38-28)17-23-10-13-26(14-11-23)39-31(3,4)30(36)37/h10-16,20,24H,5-9,17-19H2,1-4H3,(H,33,35)(H,36,37). The molecule has 3 aromatic rings. The minimum Gasteiger partial charge on any atom is -0.478 e. The van der Waals surface area contributed by atoms with Gasteiger partial charge in [0.15, 0.2) is 12.0 Å². The minimum absolute atomic E-state index is 0.108. The molecule has 0 radical (unpaired) electrons. The molecule has 1 aliphatic carbocycles. The van der Waals surface area contributed by atoms with Crippen LogP contribution in [0.25, 0.3) is 0 Å². The predicted octanol–water partition coefficient (Wildman–Crippen LogP) is 6.22. The van der Waals surface area contributed by atoms with Crippen molar-refractivity contribution in [3.8, 4) is 5.75 Å². The molecule has 1 saturated carbocycles. The van der Waals surface area contributed by atoms with E-state index in [2.05, 4.69) is 22.4 Å². The summed E-state index contributed by atoms with van der Waals surface area (Å²) in [5.41, 5.74) is 3.68. The highest BCUT2D eigenvalue weighted by atomic mass is 16.5. The van der Waals surface area contributed by atoms with Crippen molar-refractivity contribution in [2.45, 2.75) is 84.4 Å². The van der Waals surface area contributed by atoms with Gasteiger partial charge in [-0.1, -0.05) is 43.5 Å². The van der Waals surface area contributed by atoms with Gasteiger partial charge >= 0.3 is 5.97 Å². The normalized spacial score (nSPS) is 14.4. The fourth-order valence-corrected chi connectivity index (χ4v) is 5.02. The number of carboxylic acids is 1. The minimum atomic E-state index is -1.33. The Labute approximate surface area is 230 Å². The van der Waals surface area contributed by atoms with E-state index in [1.807, 2.05) is 36.9 Å². The average Bonchev–Trinajstić information content (AvgIpc) is 3.30. The van der Waals surface area contributed by atoms with Gasteiger partial charge in [0, 0.05) is 12.2 Å². The molecule has 39 heavy (non-hydrogen) atoms. The molecule has 0 aliphatic heterocycles. The summed E-state index contributed by atoms with van der Waals surface area (Å²) in [6, 6.07) is 13.6. The van der Waals surface area contributed by atoms with Crippen LogP contribution in [0, 0.1) is 13.8 Å². The van der Waals surface area contributed by atoms with Crippen molar-refractivity contribution in [3.63, 3.8) is 0 Å². The number of carboxylic acid groups (broad SMARTS) is 1. The molecule has 2 N–H and O–H groups in total. The number of nitrogens with zero attached hydrogens (tertiary/aromatic N) is 2. The Bertz CT molecular complexity index is 1280. The Morgan fingerprint density at radius 3 is 2.41 bits per heavy atom. The first-order chi connectivity index (χ1) is 18.6. The average molecular weight is 534 g/mol. The zero-order chi connectivity index (χ0) is 28.0. The number of anilines is 1. The van der Waals surface area contributed by atoms with E-state index in [9.17, 15) is 14.7 Å². The topological polar surface area (TPSA) is 105 Å². The van der Waals surface area contributed by atoms with Gasteiger partial charge in [0.1, 0.15) is 11.5 Å². The lowest BCUT2D eigenvalue weighted by molar-refractivity contribution is -0.152. The highest BCUT2D eigenvalue weighted by Gasteiger charge is 2.29. The molecular formula is C31H39N3O5. The Morgan fingerprint density at radius 1 is 1.08 bits per heavy atom. The van der Waals surface area contributed by atoms with Crippen LogP contribution in [-0.2, 0) is 22.7 Å². The molecular weight excluding hydrogens is 494 g/mol. The molecule has 0 spiro atoms. The smallest absolute Gasteiger partial charge is 0.347 e. The van der Waals surface area contributed by atoms with Gasteiger partial charge in [0.25, 0.3) is 0 Å². The Hall–Kier alpha value is -3.65. The van der Waals surface area contributed by atoms with E-state index in [-0.39, 0.29) is 12.5 Å². The quantitative estimate of drug-likeness (QED) is 0.301. The zero-order valence-corrected chi connectivity index (χ0v) is 23.3. The zero-order valence-electron chi connectivity index (χ0n) is 23.3. The second kappa shape index (κ2) is 12.5. The molecule has 0 saturated heterocycles. The van der Waals surface area contributed by atoms with Crippen LogP contribution >= 0.6 is 0 Å². The number of oxazole rings is 1. The van der Waals surface area contributed by atoms with Crippen molar-refractivity contribution in [3.05, 3.63) is 77.0 Å². The number of ether oxygens (including phenoxy) is 1. The maximum absolute atomic E-state index is 13.2. The molecule has 4 rings (SSSR count). The van der Waals surface area contributed by atoms with Crippen LogP contribution in [0.3, 0.4) is 0 Å². The van der Waals surface area contributed by atoms with Gasteiger partial charge in [-0.25, -0.2) is 9.78 Å². The molecule has 2 aromatic carbocycles.